The second kappa shape index (κ2) is 8.43. The third-order valence-electron chi connectivity index (χ3n) is 3.17. The minimum atomic E-state index is 0.670. The molecule has 1 saturated heterocycles. The van der Waals surface area contributed by atoms with Crippen LogP contribution in [0, 0.1) is 0 Å². The molecule has 3 heteroatoms. The zero-order valence-corrected chi connectivity index (χ0v) is 10.8. The van der Waals surface area contributed by atoms with Gasteiger partial charge in [0, 0.05) is 12.6 Å². The number of rotatable bonds is 7. The third kappa shape index (κ3) is 5.23. The number of morpholine rings is 1. The lowest BCUT2D eigenvalue weighted by molar-refractivity contribution is -0.00916. The average molecular weight is 231 g/mol. The first-order valence-electron chi connectivity index (χ1n) is 6.31. The lowest BCUT2D eigenvalue weighted by atomic mass is 10.1. The van der Waals surface area contributed by atoms with Crippen molar-refractivity contribution >= 4 is 12.6 Å². The Morgan fingerprint density at radius 2 is 2.07 bits per heavy atom. The largest absolute Gasteiger partial charge is 0.378 e. The first-order valence-corrected chi connectivity index (χ1v) is 6.94. The number of unbranched alkanes of at least 4 members (excludes halogenated alkanes) is 3. The van der Waals surface area contributed by atoms with E-state index in [1.54, 1.807) is 0 Å². The van der Waals surface area contributed by atoms with Crippen molar-refractivity contribution in [3.63, 3.8) is 0 Å². The average Bonchev–Trinajstić information content (AvgIpc) is 2.29. The SMILES string of the molecule is CCC1COCCN1CCCCCCS. The summed E-state index contributed by atoms with van der Waals surface area (Å²) in [6, 6.07) is 0.670. The summed E-state index contributed by atoms with van der Waals surface area (Å²) in [5.41, 5.74) is 0. The molecule has 1 unspecified atom stereocenters. The van der Waals surface area contributed by atoms with Gasteiger partial charge in [-0.15, -0.1) is 0 Å². The fraction of sp³-hybridized carbons (Fsp3) is 1.00. The Morgan fingerprint density at radius 1 is 1.27 bits per heavy atom. The van der Waals surface area contributed by atoms with E-state index in [2.05, 4.69) is 24.5 Å². The van der Waals surface area contributed by atoms with Crippen LogP contribution >= 0.6 is 12.6 Å². The van der Waals surface area contributed by atoms with Crippen LogP contribution < -0.4 is 0 Å². The van der Waals surface area contributed by atoms with Crippen LogP contribution in [0.5, 0.6) is 0 Å². The van der Waals surface area contributed by atoms with Gasteiger partial charge < -0.3 is 4.74 Å². The van der Waals surface area contributed by atoms with E-state index in [1.807, 2.05) is 0 Å². The van der Waals surface area contributed by atoms with Crippen LogP contribution in [0.1, 0.15) is 39.0 Å². The van der Waals surface area contributed by atoms with Gasteiger partial charge in [-0.2, -0.15) is 12.6 Å². The monoisotopic (exact) mass is 231 g/mol. The van der Waals surface area contributed by atoms with Gasteiger partial charge in [-0.1, -0.05) is 19.8 Å². The summed E-state index contributed by atoms with van der Waals surface area (Å²) in [7, 11) is 0. The summed E-state index contributed by atoms with van der Waals surface area (Å²) >= 11 is 4.23. The molecule has 0 radical (unpaired) electrons. The summed E-state index contributed by atoms with van der Waals surface area (Å²) < 4.78 is 5.50. The predicted molar refractivity (Wildman–Crippen MR) is 68.8 cm³/mol. The molecular weight excluding hydrogens is 206 g/mol. The van der Waals surface area contributed by atoms with E-state index in [1.165, 1.54) is 38.6 Å². The Morgan fingerprint density at radius 3 is 2.80 bits per heavy atom. The zero-order valence-electron chi connectivity index (χ0n) is 9.95. The van der Waals surface area contributed by atoms with E-state index in [0.717, 1.165) is 25.5 Å². The van der Waals surface area contributed by atoms with Crippen molar-refractivity contribution in [2.24, 2.45) is 0 Å². The van der Waals surface area contributed by atoms with Gasteiger partial charge in [-0.25, -0.2) is 0 Å². The summed E-state index contributed by atoms with van der Waals surface area (Å²) in [6.45, 7) is 6.51. The Kier molecular flexibility index (Phi) is 7.49. The molecule has 1 heterocycles. The first-order chi connectivity index (χ1) is 7.38. The number of nitrogens with zero attached hydrogens (tertiary/aromatic N) is 1. The lowest BCUT2D eigenvalue weighted by Gasteiger charge is -2.35. The maximum absolute atomic E-state index is 5.50. The quantitative estimate of drug-likeness (QED) is 0.534. The van der Waals surface area contributed by atoms with Crippen molar-refractivity contribution in [3.05, 3.63) is 0 Å². The topological polar surface area (TPSA) is 12.5 Å². The molecular formula is C12H25NOS. The highest BCUT2D eigenvalue weighted by molar-refractivity contribution is 7.80. The van der Waals surface area contributed by atoms with E-state index in [9.17, 15) is 0 Å². The standard InChI is InChI=1S/C12H25NOS/c1-2-12-11-14-9-8-13(12)7-5-3-4-6-10-15/h12,15H,2-11H2,1H3. The molecule has 1 atom stereocenters. The molecule has 0 N–H and O–H groups in total. The van der Waals surface area contributed by atoms with E-state index >= 15 is 0 Å². The summed E-state index contributed by atoms with van der Waals surface area (Å²) in [5.74, 6) is 1.04. The highest BCUT2D eigenvalue weighted by Gasteiger charge is 2.20. The zero-order chi connectivity index (χ0) is 10.9. The van der Waals surface area contributed by atoms with Crippen molar-refractivity contribution in [2.75, 3.05) is 32.1 Å². The molecule has 0 aromatic rings. The molecule has 1 aliphatic heterocycles. The number of ether oxygens (including phenoxy) is 1. The van der Waals surface area contributed by atoms with Gasteiger partial charge in [-0.05, 0) is 31.6 Å². The van der Waals surface area contributed by atoms with Crippen molar-refractivity contribution in [1.29, 1.82) is 0 Å². The van der Waals surface area contributed by atoms with Crippen LogP contribution in [0.15, 0.2) is 0 Å². The van der Waals surface area contributed by atoms with Crippen molar-refractivity contribution in [2.45, 2.75) is 45.1 Å². The summed E-state index contributed by atoms with van der Waals surface area (Å²) in [5, 5.41) is 0. The van der Waals surface area contributed by atoms with Crippen LogP contribution in [0.2, 0.25) is 0 Å². The Hall–Kier alpha value is 0.270. The minimum Gasteiger partial charge on any atom is -0.378 e. The fourth-order valence-electron chi connectivity index (χ4n) is 2.14. The fourth-order valence-corrected chi connectivity index (χ4v) is 2.36. The van der Waals surface area contributed by atoms with Gasteiger partial charge >= 0.3 is 0 Å². The molecule has 0 aromatic carbocycles. The molecule has 1 fully saturated rings. The molecule has 0 bridgehead atoms. The smallest absolute Gasteiger partial charge is 0.0622 e. The normalized spacial score (nSPS) is 23.2. The van der Waals surface area contributed by atoms with Gasteiger partial charge in [0.05, 0.1) is 13.2 Å². The maximum Gasteiger partial charge on any atom is 0.0622 e. The van der Waals surface area contributed by atoms with E-state index in [0.29, 0.717) is 6.04 Å². The minimum absolute atomic E-state index is 0.670. The van der Waals surface area contributed by atoms with Gasteiger partial charge in [0.15, 0.2) is 0 Å². The van der Waals surface area contributed by atoms with Crippen LogP contribution in [-0.2, 0) is 4.74 Å². The van der Waals surface area contributed by atoms with Gasteiger partial charge in [0.2, 0.25) is 0 Å². The molecule has 1 aliphatic rings. The Labute approximate surface area is 99.8 Å². The van der Waals surface area contributed by atoms with Crippen LogP contribution in [0.25, 0.3) is 0 Å². The molecule has 2 nitrogen and oxygen atoms in total. The third-order valence-corrected chi connectivity index (χ3v) is 3.49. The van der Waals surface area contributed by atoms with Gasteiger partial charge in [0.25, 0.3) is 0 Å². The molecule has 0 aliphatic carbocycles. The van der Waals surface area contributed by atoms with Gasteiger partial charge in [0.1, 0.15) is 0 Å². The molecule has 0 saturated carbocycles. The highest BCUT2D eigenvalue weighted by atomic mass is 32.1. The lowest BCUT2D eigenvalue weighted by Crippen LogP contribution is -2.45. The summed E-state index contributed by atoms with van der Waals surface area (Å²) in [4.78, 5) is 2.60. The van der Waals surface area contributed by atoms with E-state index in [-0.39, 0.29) is 0 Å². The predicted octanol–water partition coefficient (Wildman–Crippen LogP) is 2.59. The van der Waals surface area contributed by atoms with E-state index < -0.39 is 0 Å². The Balaban J connectivity index is 2.07. The maximum atomic E-state index is 5.50. The van der Waals surface area contributed by atoms with Crippen LogP contribution in [0.3, 0.4) is 0 Å². The molecule has 15 heavy (non-hydrogen) atoms. The first kappa shape index (κ1) is 13.3. The number of hydrogen-bond donors (Lipinski definition) is 1. The summed E-state index contributed by atoms with van der Waals surface area (Å²) in [6.07, 6.45) is 6.52. The highest BCUT2D eigenvalue weighted by Crippen LogP contribution is 2.12. The van der Waals surface area contributed by atoms with Crippen molar-refractivity contribution < 1.29 is 4.74 Å². The molecule has 90 valence electrons. The Bertz CT molecular complexity index is 155. The molecule has 0 aromatic heterocycles. The van der Waals surface area contributed by atoms with E-state index in [4.69, 9.17) is 4.74 Å². The van der Waals surface area contributed by atoms with Crippen LogP contribution in [0.4, 0.5) is 0 Å². The number of thiol groups is 1. The molecule has 0 amide bonds. The van der Waals surface area contributed by atoms with Crippen LogP contribution in [-0.4, -0.2) is 43.0 Å². The molecule has 1 rings (SSSR count). The number of hydrogen-bond acceptors (Lipinski definition) is 3. The second-order valence-electron chi connectivity index (χ2n) is 4.31. The van der Waals surface area contributed by atoms with Gasteiger partial charge in [-0.3, -0.25) is 4.90 Å². The van der Waals surface area contributed by atoms with Crippen molar-refractivity contribution in [1.82, 2.24) is 4.90 Å². The van der Waals surface area contributed by atoms with Crippen molar-refractivity contribution in [3.8, 4) is 0 Å². The second-order valence-corrected chi connectivity index (χ2v) is 4.76. The molecule has 0 spiro atoms.